The van der Waals surface area contributed by atoms with Crippen LogP contribution in [0.4, 0.5) is 0 Å². The van der Waals surface area contributed by atoms with Crippen LogP contribution in [0.25, 0.3) is 0 Å². The molecular formula is C20H22N2O4. The van der Waals surface area contributed by atoms with Crippen LogP contribution in [-0.2, 0) is 9.53 Å². The number of benzene rings is 1. The minimum absolute atomic E-state index is 0.0177. The Bertz CT molecular complexity index is 732. The molecule has 1 aromatic heterocycles. The fourth-order valence-electron chi connectivity index (χ4n) is 3.47. The lowest BCUT2D eigenvalue weighted by Crippen LogP contribution is -2.68. The number of carbonyl (C=O) groups is 1. The van der Waals surface area contributed by atoms with E-state index in [0.29, 0.717) is 31.3 Å². The predicted octanol–water partition coefficient (Wildman–Crippen LogP) is 2.30. The summed E-state index contributed by atoms with van der Waals surface area (Å²) in [4.78, 5) is 18.3. The molecule has 3 heterocycles. The van der Waals surface area contributed by atoms with E-state index in [1.54, 1.807) is 11.1 Å². The zero-order chi connectivity index (χ0) is 17.8. The molecule has 6 heteroatoms. The van der Waals surface area contributed by atoms with Crippen LogP contribution in [0.1, 0.15) is 12.8 Å². The number of carbonyl (C=O) groups excluding carboxylic acids is 1. The lowest BCUT2D eigenvalue weighted by molar-refractivity contribution is -0.194. The van der Waals surface area contributed by atoms with E-state index in [1.165, 1.54) is 0 Å². The van der Waals surface area contributed by atoms with E-state index in [2.05, 4.69) is 4.98 Å². The molecule has 0 aliphatic carbocycles. The molecule has 2 fully saturated rings. The Morgan fingerprint density at radius 2 is 2.00 bits per heavy atom. The first kappa shape index (κ1) is 16.8. The van der Waals surface area contributed by atoms with E-state index in [0.717, 1.165) is 12.8 Å². The van der Waals surface area contributed by atoms with Crippen molar-refractivity contribution in [2.75, 3.05) is 26.3 Å². The zero-order valence-corrected chi connectivity index (χ0v) is 14.5. The van der Waals surface area contributed by atoms with Crippen LogP contribution in [0.3, 0.4) is 0 Å². The van der Waals surface area contributed by atoms with Gasteiger partial charge in [-0.3, -0.25) is 4.79 Å². The Balaban J connectivity index is 1.26. The first-order chi connectivity index (χ1) is 12.7. The van der Waals surface area contributed by atoms with Crippen LogP contribution < -0.4 is 9.47 Å². The van der Waals surface area contributed by atoms with Crippen molar-refractivity contribution >= 4 is 5.91 Å². The summed E-state index contributed by atoms with van der Waals surface area (Å²) in [6, 6.07) is 15.0. The van der Waals surface area contributed by atoms with E-state index in [9.17, 15) is 4.79 Å². The summed E-state index contributed by atoms with van der Waals surface area (Å²) in [5, 5.41) is 0. The van der Waals surface area contributed by atoms with Crippen molar-refractivity contribution in [3.63, 3.8) is 0 Å². The molecule has 1 atom stereocenters. The standard InChI is InChI=1S/C20H22N2O4/c23-19(13-24-16-6-2-1-3-7-16)22-14-20(15-22)12-17(9-11-25-20)26-18-8-4-5-10-21-18/h1-8,10,17H,9,11-15H2. The maximum Gasteiger partial charge on any atom is 0.260 e. The second kappa shape index (κ2) is 7.33. The lowest BCUT2D eigenvalue weighted by atomic mass is 9.84. The van der Waals surface area contributed by atoms with Crippen LogP contribution in [0.15, 0.2) is 54.7 Å². The van der Waals surface area contributed by atoms with Crippen molar-refractivity contribution in [1.29, 1.82) is 0 Å². The van der Waals surface area contributed by atoms with Crippen molar-refractivity contribution in [2.45, 2.75) is 24.5 Å². The molecule has 0 saturated carbocycles. The number of hydrogen-bond donors (Lipinski definition) is 0. The topological polar surface area (TPSA) is 60.9 Å². The molecule has 2 saturated heterocycles. The Labute approximate surface area is 152 Å². The van der Waals surface area contributed by atoms with Gasteiger partial charge < -0.3 is 19.1 Å². The third-order valence-electron chi connectivity index (χ3n) is 4.79. The van der Waals surface area contributed by atoms with Gasteiger partial charge in [-0.2, -0.15) is 0 Å². The molecule has 1 aromatic carbocycles. The Hall–Kier alpha value is -2.60. The number of para-hydroxylation sites is 1. The molecule has 4 rings (SSSR count). The van der Waals surface area contributed by atoms with Gasteiger partial charge in [0.2, 0.25) is 5.88 Å². The van der Waals surface area contributed by atoms with Gasteiger partial charge in [-0.05, 0) is 18.2 Å². The normalized spacial score (nSPS) is 21.1. The number of pyridine rings is 1. The van der Waals surface area contributed by atoms with Crippen LogP contribution in [0.5, 0.6) is 11.6 Å². The molecule has 6 nitrogen and oxygen atoms in total. The Morgan fingerprint density at radius 3 is 2.77 bits per heavy atom. The van der Waals surface area contributed by atoms with E-state index < -0.39 is 0 Å². The number of ether oxygens (including phenoxy) is 3. The number of rotatable bonds is 5. The molecule has 2 aliphatic rings. The van der Waals surface area contributed by atoms with E-state index in [-0.39, 0.29) is 24.2 Å². The summed E-state index contributed by atoms with van der Waals surface area (Å²) >= 11 is 0. The highest BCUT2D eigenvalue weighted by atomic mass is 16.5. The summed E-state index contributed by atoms with van der Waals surface area (Å²) in [5.74, 6) is 1.32. The minimum atomic E-state index is -0.292. The highest BCUT2D eigenvalue weighted by Gasteiger charge is 2.49. The van der Waals surface area contributed by atoms with Crippen LogP contribution in [-0.4, -0.2) is 53.8 Å². The molecule has 1 unspecified atom stereocenters. The van der Waals surface area contributed by atoms with Gasteiger partial charge in [-0.1, -0.05) is 24.3 Å². The first-order valence-electron chi connectivity index (χ1n) is 8.90. The second-order valence-corrected chi connectivity index (χ2v) is 6.78. The molecule has 136 valence electrons. The smallest absolute Gasteiger partial charge is 0.260 e. The largest absolute Gasteiger partial charge is 0.484 e. The molecule has 1 spiro atoms. The third kappa shape index (κ3) is 3.80. The second-order valence-electron chi connectivity index (χ2n) is 6.78. The molecule has 0 radical (unpaired) electrons. The highest BCUT2D eigenvalue weighted by Crippen LogP contribution is 2.35. The summed E-state index contributed by atoms with van der Waals surface area (Å²) in [5.41, 5.74) is -0.292. The van der Waals surface area contributed by atoms with Crippen molar-refractivity contribution in [1.82, 2.24) is 9.88 Å². The summed E-state index contributed by atoms with van der Waals surface area (Å²) in [7, 11) is 0. The predicted molar refractivity (Wildman–Crippen MR) is 95.1 cm³/mol. The Kier molecular flexibility index (Phi) is 4.75. The number of nitrogens with zero attached hydrogens (tertiary/aromatic N) is 2. The molecule has 2 aliphatic heterocycles. The monoisotopic (exact) mass is 354 g/mol. The minimum Gasteiger partial charge on any atom is -0.484 e. The summed E-state index contributed by atoms with van der Waals surface area (Å²) < 4.78 is 17.5. The van der Waals surface area contributed by atoms with Crippen LogP contribution in [0.2, 0.25) is 0 Å². The molecule has 0 bridgehead atoms. The maximum atomic E-state index is 12.3. The summed E-state index contributed by atoms with van der Waals surface area (Å²) in [6.45, 7) is 1.87. The molecule has 2 aromatic rings. The van der Waals surface area contributed by atoms with E-state index >= 15 is 0 Å². The SMILES string of the molecule is O=C(COc1ccccc1)N1CC2(CC(Oc3ccccn3)CCO2)C1. The van der Waals surface area contributed by atoms with Gasteiger partial charge in [0.1, 0.15) is 17.5 Å². The number of likely N-dealkylation sites (tertiary alicyclic amines) is 1. The highest BCUT2D eigenvalue weighted by molar-refractivity contribution is 5.79. The number of aromatic nitrogens is 1. The van der Waals surface area contributed by atoms with E-state index in [1.807, 2.05) is 48.5 Å². The number of amides is 1. The lowest BCUT2D eigenvalue weighted by Gasteiger charge is -2.52. The van der Waals surface area contributed by atoms with Gasteiger partial charge in [-0.25, -0.2) is 4.98 Å². The van der Waals surface area contributed by atoms with Gasteiger partial charge in [0.25, 0.3) is 5.91 Å². The van der Waals surface area contributed by atoms with Crippen molar-refractivity contribution in [3.05, 3.63) is 54.7 Å². The number of hydrogen-bond acceptors (Lipinski definition) is 5. The maximum absolute atomic E-state index is 12.3. The van der Waals surface area contributed by atoms with Crippen LogP contribution >= 0.6 is 0 Å². The average molecular weight is 354 g/mol. The first-order valence-corrected chi connectivity index (χ1v) is 8.90. The quantitative estimate of drug-likeness (QED) is 0.825. The molecule has 1 amide bonds. The third-order valence-corrected chi connectivity index (χ3v) is 4.79. The van der Waals surface area contributed by atoms with Crippen molar-refractivity contribution < 1.29 is 19.0 Å². The van der Waals surface area contributed by atoms with Crippen molar-refractivity contribution in [3.8, 4) is 11.6 Å². The van der Waals surface area contributed by atoms with Gasteiger partial charge >= 0.3 is 0 Å². The molecular weight excluding hydrogens is 332 g/mol. The van der Waals surface area contributed by atoms with Crippen molar-refractivity contribution in [2.24, 2.45) is 0 Å². The van der Waals surface area contributed by atoms with Crippen LogP contribution in [0, 0.1) is 0 Å². The van der Waals surface area contributed by atoms with E-state index in [4.69, 9.17) is 14.2 Å². The fourth-order valence-corrected chi connectivity index (χ4v) is 3.47. The van der Waals surface area contributed by atoms with Gasteiger partial charge in [0.05, 0.1) is 19.7 Å². The van der Waals surface area contributed by atoms with Gasteiger partial charge in [0, 0.05) is 25.1 Å². The fraction of sp³-hybridized carbons (Fsp3) is 0.400. The Morgan fingerprint density at radius 1 is 1.19 bits per heavy atom. The average Bonchev–Trinajstić information content (AvgIpc) is 2.66. The zero-order valence-electron chi connectivity index (χ0n) is 14.5. The molecule has 0 N–H and O–H groups in total. The van der Waals surface area contributed by atoms with Gasteiger partial charge in [-0.15, -0.1) is 0 Å². The summed E-state index contributed by atoms with van der Waals surface area (Å²) in [6.07, 6.45) is 3.40. The van der Waals surface area contributed by atoms with Gasteiger partial charge in [0.15, 0.2) is 6.61 Å². The molecule has 26 heavy (non-hydrogen) atoms.